The van der Waals surface area contributed by atoms with Crippen LogP contribution in [0.3, 0.4) is 0 Å². The number of nitriles is 1. The number of aromatic nitrogens is 2. The summed E-state index contributed by atoms with van der Waals surface area (Å²) in [4.78, 5) is 15.5. The SMILES string of the molecule is CC1=CC=C(c2ccccc2C#N)C=CC1F.CCCc1nc(C)cc(=O)n1C. The lowest BCUT2D eigenvalue weighted by Gasteiger charge is -2.05. The smallest absolute Gasteiger partial charge is 0.253 e. The summed E-state index contributed by atoms with van der Waals surface area (Å²) in [5.41, 5.74) is 3.82. The minimum Gasteiger partial charge on any atom is -0.300 e. The van der Waals surface area contributed by atoms with Crippen molar-refractivity contribution < 1.29 is 4.39 Å². The molecule has 0 saturated carbocycles. The molecule has 2 aromatic rings. The van der Waals surface area contributed by atoms with Crippen molar-refractivity contribution in [3.63, 3.8) is 0 Å². The molecule has 1 aliphatic rings. The van der Waals surface area contributed by atoms with Gasteiger partial charge in [-0.15, -0.1) is 0 Å². The molecule has 0 saturated heterocycles. The summed E-state index contributed by atoms with van der Waals surface area (Å²) >= 11 is 0. The third kappa shape index (κ3) is 5.86. The van der Waals surface area contributed by atoms with Gasteiger partial charge >= 0.3 is 0 Å². The van der Waals surface area contributed by atoms with Gasteiger partial charge in [0.25, 0.3) is 5.56 Å². The van der Waals surface area contributed by atoms with Gasteiger partial charge in [-0.3, -0.25) is 9.36 Å². The van der Waals surface area contributed by atoms with Crippen LogP contribution in [0.5, 0.6) is 0 Å². The molecule has 0 spiro atoms. The highest BCUT2D eigenvalue weighted by atomic mass is 19.1. The molecule has 1 aromatic heterocycles. The Kier molecular flexibility index (Phi) is 7.85. The highest BCUT2D eigenvalue weighted by molar-refractivity contribution is 5.79. The van der Waals surface area contributed by atoms with Gasteiger partial charge in [-0.25, -0.2) is 9.37 Å². The Morgan fingerprint density at radius 3 is 2.66 bits per heavy atom. The van der Waals surface area contributed by atoms with E-state index in [0.717, 1.165) is 35.5 Å². The molecule has 3 rings (SSSR count). The van der Waals surface area contributed by atoms with Crippen LogP contribution in [-0.4, -0.2) is 15.7 Å². The molecule has 1 heterocycles. The van der Waals surface area contributed by atoms with E-state index in [1.165, 1.54) is 6.08 Å². The van der Waals surface area contributed by atoms with Gasteiger partial charge in [-0.2, -0.15) is 5.26 Å². The third-order valence-corrected chi connectivity index (χ3v) is 4.59. The molecule has 0 fully saturated rings. The number of benzene rings is 1. The van der Waals surface area contributed by atoms with Crippen LogP contribution >= 0.6 is 0 Å². The molecule has 1 aliphatic carbocycles. The molecular weight excluding hydrogens is 365 g/mol. The summed E-state index contributed by atoms with van der Waals surface area (Å²) in [7, 11) is 1.76. The molecule has 5 heteroatoms. The Labute approximate surface area is 171 Å². The van der Waals surface area contributed by atoms with E-state index in [2.05, 4.69) is 18.0 Å². The molecule has 150 valence electrons. The number of allylic oxidation sites excluding steroid dienone is 6. The van der Waals surface area contributed by atoms with E-state index >= 15 is 0 Å². The maximum Gasteiger partial charge on any atom is 0.253 e. The van der Waals surface area contributed by atoms with Crippen LogP contribution in [0.2, 0.25) is 0 Å². The van der Waals surface area contributed by atoms with Crippen LogP contribution in [0.4, 0.5) is 4.39 Å². The average molecular weight is 391 g/mol. The zero-order valence-corrected chi connectivity index (χ0v) is 17.3. The van der Waals surface area contributed by atoms with Crippen molar-refractivity contribution >= 4 is 5.57 Å². The minimum atomic E-state index is -1.04. The molecule has 0 radical (unpaired) electrons. The highest BCUT2D eigenvalue weighted by Crippen LogP contribution is 2.24. The highest BCUT2D eigenvalue weighted by Gasteiger charge is 2.10. The van der Waals surface area contributed by atoms with Crippen molar-refractivity contribution in [2.75, 3.05) is 0 Å². The first-order valence-corrected chi connectivity index (χ1v) is 9.61. The summed E-state index contributed by atoms with van der Waals surface area (Å²) in [6.07, 6.45) is 7.69. The number of aryl methyl sites for hydroxylation is 2. The quantitative estimate of drug-likeness (QED) is 0.752. The number of hydrogen-bond donors (Lipinski definition) is 0. The van der Waals surface area contributed by atoms with Gasteiger partial charge in [0.15, 0.2) is 0 Å². The second kappa shape index (κ2) is 10.3. The Morgan fingerprint density at radius 2 is 1.97 bits per heavy atom. The fourth-order valence-electron chi connectivity index (χ4n) is 2.88. The van der Waals surface area contributed by atoms with Crippen molar-refractivity contribution in [3.05, 3.63) is 93.2 Å². The van der Waals surface area contributed by atoms with Crippen LogP contribution in [0.15, 0.2) is 65.0 Å². The lowest BCUT2D eigenvalue weighted by atomic mass is 10.00. The van der Waals surface area contributed by atoms with Crippen molar-refractivity contribution in [3.8, 4) is 6.07 Å². The monoisotopic (exact) mass is 391 g/mol. The Morgan fingerprint density at radius 1 is 1.24 bits per heavy atom. The van der Waals surface area contributed by atoms with Gasteiger partial charge in [0.1, 0.15) is 12.0 Å². The maximum atomic E-state index is 13.5. The van der Waals surface area contributed by atoms with Crippen molar-refractivity contribution in [2.24, 2.45) is 7.05 Å². The predicted molar refractivity (Wildman–Crippen MR) is 115 cm³/mol. The molecule has 1 aromatic carbocycles. The van der Waals surface area contributed by atoms with Crippen LogP contribution in [0, 0.1) is 18.3 Å². The van der Waals surface area contributed by atoms with Crippen molar-refractivity contribution in [1.29, 1.82) is 5.26 Å². The zero-order chi connectivity index (χ0) is 21.4. The summed E-state index contributed by atoms with van der Waals surface area (Å²) in [5.74, 6) is 0.877. The summed E-state index contributed by atoms with van der Waals surface area (Å²) in [5, 5.41) is 9.03. The van der Waals surface area contributed by atoms with Gasteiger partial charge in [-0.1, -0.05) is 43.4 Å². The van der Waals surface area contributed by atoms with Gasteiger partial charge in [-0.05, 0) is 49.1 Å². The summed E-state index contributed by atoms with van der Waals surface area (Å²) in [6, 6.07) is 11.0. The molecule has 0 N–H and O–H groups in total. The van der Waals surface area contributed by atoms with Crippen LogP contribution in [-0.2, 0) is 13.5 Å². The Balaban J connectivity index is 0.000000221. The Hall–Kier alpha value is -3.26. The molecular formula is C24H26FN3O. The number of alkyl halides is 1. The lowest BCUT2D eigenvalue weighted by Crippen LogP contribution is -2.21. The molecule has 0 bridgehead atoms. The molecule has 29 heavy (non-hydrogen) atoms. The van der Waals surface area contributed by atoms with Crippen LogP contribution in [0.1, 0.15) is 42.9 Å². The van der Waals surface area contributed by atoms with Gasteiger partial charge in [0.05, 0.1) is 11.6 Å². The van der Waals surface area contributed by atoms with E-state index in [9.17, 15) is 9.18 Å². The number of hydrogen-bond acceptors (Lipinski definition) is 3. The minimum absolute atomic E-state index is 0.0333. The van der Waals surface area contributed by atoms with Crippen LogP contribution in [0.25, 0.3) is 5.57 Å². The standard InChI is InChI=1S/C15H12FN.C9H14N2O/c1-11-6-7-12(8-9-15(11)16)14-5-3-2-4-13(14)10-17;1-4-5-8-10-7(2)6-9(12)11(8)3/h2-9,15H,1H3;6H,4-5H2,1-3H3. The van der Waals surface area contributed by atoms with E-state index in [4.69, 9.17) is 5.26 Å². The molecule has 1 unspecified atom stereocenters. The first-order valence-electron chi connectivity index (χ1n) is 9.61. The molecule has 0 aliphatic heterocycles. The largest absolute Gasteiger partial charge is 0.300 e. The molecule has 4 nitrogen and oxygen atoms in total. The zero-order valence-electron chi connectivity index (χ0n) is 17.3. The van der Waals surface area contributed by atoms with E-state index in [1.54, 1.807) is 42.8 Å². The van der Waals surface area contributed by atoms with Gasteiger partial charge in [0, 0.05) is 25.2 Å². The first kappa shape index (κ1) is 22.0. The van der Waals surface area contributed by atoms with Crippen molar-refractivity contribution in [2.45, 2.75) is 39.8 Å². The topological polar surface area (TPSA) is 58.7 Å². The second-order valence-electron chi connectivity index (χ2n) is 6.91. The Bertz CT molecular complexity index is 1050. The normalized spacial score (nSPS) is 15.4. The third-order valence-electron chi connectivity index (χ3n) is 4.59. The summed E-state index contributed by atoms with van der Waals surface area (Å²) in [6.45, 7) is 5.68. The summed E-state index contributed by atoms with van der Waals surface area (Å²) < 4.78 is 15.1. The van der Waals surface area contributed by atoms with E-state index < -0.39 is 6.17 Å². The first-order chi connectivity index (χ1) is 13.9. The molecule has 0 amide bonds. The fraction of sp³-hybridized carbons (Fsp3) is 0.292. The number of rotatable bonds is 3. The molecule has 1 atom stereocenters. The van der Waals surface area contributed by atoms with Crippen molar-refractivity contribution in [1.82, 2.24) is 9.55 Å². The van der Waals surface area contributed by atoms with E-state index in [-0.39, 0.29) is 5.56 Å². The predicted octanol–water partition coefficient (Wildman–Crippen LogP) is 4.84. The van der Waals surface area contributed by atoms with E-state index in [1.807, 2.05) is 31.2 Å². The van der Waals surface area contributed by atoms with E-state index in [0.29, 0.717) is 11.1 Å². The average Bonchev–Trinajstić information content (AvgIpc) is 2.88. The number of nitrogens with zero attached hydrogens (tertiary/aromatic N) is 3. The second-order valence-corrected chi connectivity index (χ2v) is 6.91. The lowest BCUT2D eigenvalue weighted by molar-refractivity contribution is 0.450. The van der Waals surface area contributed by atoms with Gasteiger partial charge < -0.3 is 0 Å². The van der Waals surface area contributed by atoms with Crippen LogP contribution < -0.4 is 5.56 Å². The fourth-order valence-corrected chi connectivity index (χ4v) is 2.88. The maximum absolute atomic E-state index is 13.5. The number of halogens is 1. The van der Waals surface area contributed by atoms with Gasteiger partial charge in [0.2, 0.25) is 0 Å².